The predicted octanol–water partition coefficient (Wildman–Crippen LogP) is 1.71. The Hall–Kier alpha value is -1.39. The maximum atomic E-state index is 11.9. The van der Waals surface area contributed by atoms with Crippen LogP contribution in [0.15, 0.2) is 12.7 Å². The lowest BCUT2D eigenvalue weighted by atomic mass is 10.2. The molecule has 1 amide bonds. The first-order valence-corrected chi connectivity index (χ1v) is 6.38. The first kappa shape index (κ1) is 13.7. The summed E-state index contributed by atoms with van der Waals surface area (Å²) < 4.78 is 1.76. The van der Waals surface area contributed by atoms with Crippen LogP contribution in [0.2, 0.25) is 0 Å². The number of hydrogen-bond acceptors (Lipinski definition) is 3. The van der Waals surface area contributed by atoms with Crippen LogP contribution in [0.5, 0.6) is 0 Å². The van der Waals surface area contributed by atoms with Crippen LogP contribution in [0.1, 0.15) is 39.5 Å². The fourth-order valence-electron chi connectivity index (χ4n) is 1.71. The molecule has 5 nitrogen and oxygen atoms in total. The smallest absolute Gasteiger partial charge is 0.222 e. The van der Waals surface area contributed by atoms with Crippen LogP contribution in [0.25, 0.3) is 0 Å². The van der Waals surface area contributed by atoms with Crippen molar-refractivity contribution in [2.45, 2.75) is 46.1 Å². The summed E-state index contributed by atoms with van der Waals surface area (Å²) in [7, 11) is 0. The van der Waals surface area contributed by atoms with E-state index in [9.17, 15) is 4.79 Å². The first-order chi connectivity index (χ1) is 8.27. The lowest BCUT2D eigenvalue weighted by Gasteiger charge is -2.20. The highest BCUT2D eigenvalue weighted by molar-refractivity contribution is 5.76. The molecule has 0 atom stereocenters. The second kappa shape index (κ2) is 7.81. The van der Waals surface area contributed by atoms with Crippen molar-refractivity contribution in [3.05, 3.63) is 12.7 Å². The van der Waals surface area contributed by atoms with E-state index in [1.54, 1.807) is 11.0 Å². The van der Waals surface area contributed by atoms with Gasteiger partial charge in [-0.25, -0.2) is 4.98 Å². The molecule has 0 aromatic carbocycles. The highest BCUT2D eigenvalue weighted by atomic mass is 16.2. The Kier molecular flexibility index (Phi) is 6.29. The fraction of sp³-hybridized carbons (Fsp3) is 0.750. The van der Waals surface area contributed by atoms with Crippen LogP contribution in [0, 0.1) is 0 Å². The largest absolute Gasteiger partial charge is 0.343 e. The van der Waals surface area contributed by atoms with Gasteiger partial charge in [0.1, 0.15) is 12.7 Å². The van der Waals surface area contributed by atoms with E-state index < -0.39 is 0 Å². The standard InChI is InChI=1S/C12H22N4O/c1-3-5-8-15(4-2)12(17)7-6-9-16-11-13-10-14-16/h10-11H,3-9H2,1-2H3. The molecule has 1 aromatic rings. The SMILES string of the molecule is CCCCN(CC)C(=O)CCCn1cncn1. The van der Waals surface area contributed by atoms with Crippen LogP contribution >= 0.6 is 0 Å². The maximum absolute atomic E-state index is 11.9. The van der Waals surface area contributed by atoms with E-state index in [0.717, 1.165) is 38.9 Å². The van der Waals surface area contributed by atoms with E-state index in [4.69, 9.17) is 0 Å². The molecule has 96 valence electrons. The van der Waals surface area contributed by atoms with E-state index in [-0.39, 0.29) is 5.91 Å². The number of hydrogen-bond donors (Lipinski definition) is 0. The highest BCUT2D eigenvalue weighted by Crippen LogP contribution is 2.02. The van der Waals surface area contributed by atoms with Crippen molar-refractivity contribution < 1.29 is 4.79 Å². The number of nitrogens with zero attached hydrogens (tertiary/aromatic N) is 4. The van der Waals surface area contributed by atoms with Gasteiger partial charge in [0.05, 0.1) is 0 Å². The van der Waals surface area contributed by atoms with Gasteiger partial charge in [-0.3, -0.25) is 9.48 Å². The van der Waals surface area contributed by atoms with Crippen LogP contribution in [-0.4, -0.2) is 38.7 Å². The summed E-state index contributed by atoms with van der Waals surface area (Å²) in [6.45, 7) is 6.63. The molecule has 0 aliphatic carbocycles. The van der Waals surface area contributed by atoms with Crippen LogP contribution < -0.4 is 0 Å². The van der Waals surface area contributed by atoms with Crippen molar-refractivity contribution in [3.63, 3.8) is 0 Å². The van der Waals surface area contributed by atoms with Crippen molar-refractivity contribution in [1.82, 2.24) is 19.7 Å². The molecule has 0 aliphatic rings. The van der Waals surface area contributed by atoms with Gasteiger partial charge in [0.15, 0.2) is 0 Å². The molecule has 0 fully saturated rings. The zero-order valence-electron chi connectivity index (χ0n) is 10.8. The highest BCUT2D eigenvalue weighted by Gasteiger charge is 2.10. The second-order valence-electron chi connectivity index (χ2n) is 4.09. The van der Waals surface area contributed by atoms with E-state index in [1.807, 2.05) is 11.8 Å². The normalized spacial score (nSPS) is 10.5. The van der Waals surface area contributed by atoms with Crippen molar-refractivity contribution in [2.24, 2.45) is 0 Å². The monoisotopic (exact) mass is 238 g/mol. The summed E-state index contributed by atoms with van der Waals surface area (Å²) in [4.78, 5) is 17.7. The molecule has 0 radical (unpaired) electrons. The molecule has 0 aliphatic heterocycles. The van der Waals surface area contributed by atoms with E-state index in [2.05, 4.69) is 17.0 Å². The van der Waals surface area contributed by atoms with Crippen molar-refractivity contribution in [1.29, 1.82) is 0 Å². The minimum absolute atomic E-state index is 0.251. The summed E-state index contributed by atoms with van der Waals surface area (Å²) in [6.07, 6.45) is 6.83. The molecule has 1 rings (SSSR count). The minimum Gasteiger partial charge on any atom is -0.343 e. The van der Waals surface area contributed by atoms with E-state index in [0.29, 0.717) is 6.42 Å². The van der Waals surface area contributed by atoms with Gasteiger partial charge in [-0.05, 0) is 19.8 Å². The van der Waals surface area contributed by atoms with E-state index >= 15 is 0 Å². The van der Waals surface area contributed by atoms with Gasteiger partial charge in [-0.1, -0.05) is 13.3 Å². The fourth-order valence-corrected chi connectivity index (χ4v) is 1.71. The molecule has 17 heavy (non-hydrogen) atoms. The molecule has 0 bridgehead atoms. The van der Waals surface area contributed by atoms with Crippen molar-refractivity contribution in [3.8, 4) is 0 Å². The molecule has 1 heterocycles. The molecule has 0 spiro atoms. The lowest BCUT2D eigenvalue weighted by molar-refractivity contribution is -0.131. The Morgan fingerprint density at radius 2 is 2.18 bits per heavy atom. The van der Waals surface area contributed by atoms with Crippen LogP contribution in [0.3, 0.4) is 0 Å². The van der Waals surface area contributed by atoms with E-state index in [1.165, 1.54) is 6.33 Å². The molecule has 5 heteroatoms. The van der Waals surface area contributed by atoms with Gasteiger partial charge >= 0.3 is 0 Å². The summed E-state index contributed by atoms with van der Waals surface area (Å²) in [5, 5.41) is 4.01. The summed E-state index contributed by atoms with van der Waals surface area (Å²) in [5.41, 5.74) is 0. The average Bonchev–Trinajstić information content (AvgIpc) is 2.83. The van der Waals surface area contributed by atoms with Gasteiger partial charge in [0.2, 0.25) is 5.91 Å². The predicted molar refractivity (Wildman–Crippen MR) is 66.4 cm³/mol. The first-order valence-electron chi connectivity index (χ1n) is 6.38. The zero-order chi connectivity index (χ0) is 12.5. The van der Waals surface area contributed by atoms with Gasteiger partial charge in [-0.15, -0.1) is 0 Å². The zero-order valence-corrected chi connectivity index (χ0v) is 10.8. The van der Waals surface area contributed by atoms with Crippen LogP contribution in [0.4, 0.5) is 0 Å². The van der Waals surface area contributed by atoms with Gasteiger partial charge in [0.25, 0.3) is 0 Å². The molecular formula is C12H22N4O. The molecular weight excluding hydrogens is 216 g/mol. The van der Waals surface area contributed by atoms with Crippen molar-refractivity contribution >= 4 is 5.91 Å². The minimum atomic E-state index is 0.251. The number of amides is 1. The molecule has 0 saturated carbocycles. The van der Waals surface area contributed by atoms with Crippen LogP contribution in [-0.2, 0) is 11.3 Å². The Morgan fingerprint density at radius 1 is 1.35 bits per heavy atom. The van der Waals surface area contributed by atoms with Crippen molar-refractivity contribution in [2.75, 3.05) is 13.1 Å². The third-order valence-electron chi connectivity index (χ3n) is 2.76. The molecule has 0 unspecified atom stereocenters. The van der Waals surface area contributed by atoms with Gasteiger partial charge in [0, 0.05) is 26.1 Å². The van der Waals surface area contributed by atoms with Gasteiger partial charge in [-0.2, -0.15) is 5.10 Å². The average molecular weight is 238 g/mol. The number of aromatic nitrogens is 3. The summed E-state index contributed by atoms with van der Waals surface area (Å²) in [5.74, 6) is 0.251. The Labute approximate surface area is 103 Å². The summed E-state index contributed by atoms with van der Waals surface area (Å²) in [6, 6.07) is 0. The number of carbonyl (C=O) groups is 1. The quantitative estimate of drug-likeness (QED) is 0.692. The Bertz CT molecular complexity index is 310. The Morgan fingerprint density at radius 3 is 2.76 bits per heavy atom. The lowest BCUT2D eigenvalue weighted by Crippen LogP contribution is -2.31. The number of aryl methyl sites for hydroxylation is 1. The third kappa shape index (κ3) is 4.97. The number of carbonyl (C=O) groups excluding carboxylic acids is 1. The summed E-state index contributed by atoms with van der Waals surface area (Å²) >= 11 is 0. The third-order valence-corrected chi connectivity index (χ3v) is 2.76. The maximum Gasteiger partial charge on any atom is 0.222 e. The molecule has 0 saturated heterocycles. The Balaban J connectivity index is 2.22. The number of unbranched alkanes of at least 4 members (excludes halogenated alkanes) is 1. The van der Waals surface area contributed by atoms with Gasteiger partial charge < -0.3 is 4.90 Å². The second-order valence-corrected chi connectivity index (χ2v) is 4.09. The molecule has 1 aromatic heterocycles. The topological polar surface area (TPSA) is 51.0 Å². The molecule has 0 N–H and O–H groups in total. The number of rotatable bonds is 8.